The van der Waals surface area contributed by atoms with Crippen molar-refractivity contribution in [1.82, 2.24) is 8.75 Å². The van der Waals surface area contributed by atoms with E-state index in [0.29, 0.717) is 17.6 Å². The SMILES string of the molecule is Clc1nsnc1OCc1cccc(Br)c1. The van der Waals surface area contributed by atoms with Crippen molar-refractivity contribution in [2.45, 2.75) is 6.61 Å². The quantitative estimate of drug-likeness (QED) is 0.870. The fourth-order valence-electron chi connectivity index (χ4n) is 1.03. The zero-order valence-corrected chi connectivity index (χ0v) is 10.6. The van der Waals surface area contributed by atoms with Crippen LogP contribution in [0.5, 0.6) is 5.88 Å². The molecular weight excluding hydrogens is 300 g/mol. The first-order valence-corrected chi connectivity index (χ1v) is 6.01. The van der Waals surface area contributed by atoms with Crippen LogP contribution in [0, 0.1) is 0 Å². The molecule has 0 aliphatic heterocycles. The zero-order chi connectivity index (χ0) is 10.7. The third-order valence-electron chi connectivity index (χ3n) is 1.69. The minimum Gasteiger partial charge on any atom is -0.470 e. The van der Waals surface area contributed by atoms with Crippen molar-refractivity contribution < 1.29 is 4.74 Å². The van der Waals surface area contributed by atoms with Gasteiger partial charge in [0.1, 0.15) is 6.61 Å². The summed E-state index contributed by atoms with van der Waals surface area (Å²) in [6, 6.07) is 7.86. The third-order valence-corrected chi connectivity index (χ3v) is 3.04. The Hall–Kier alpha value is -0.650. The number of hydrogen-bond donors (Lipinski definition) is 0. The molecule has 0 amide bonds. The molecule has 15 heavy (non-hydrogen) atoms. The highest BCUT2D eigenvalue weighted by atomic mass is 79.9. The smallest absolute Gasteiger partial charge is 0.265 e. The van der Waals surface area contributed by atoms with E-state index in [9.17, 15) is 0 Å². The van der Waals surface area contributed by atoms with Crippen molar-refractivity contribution >= 4 is 39.3 Å². The minimum atomic E-state index is 0.315. The molecule has 0 atom stereocenters. The van der Waals surface area contributed by atoms with Crippen molar-refractivity contribution in [3.63, 3.8) is 0 Å². The van der Waals surface area contributed by atoms with Crippen molar-refractivity contribution in [2.24, 2.45) is 0 Å². The molecule has 0 saturated heterocycles. The number of benzene rings is 1. The van der Waals surface area contributed by atoms with Crippen LogP contribution < -0.4 is 4.74 Å². The van der Waals surface area contributed by atoms with E-state index >= 15 is 0 Å². The molecule has 0 fully saturated rings. The van der Waals surface area contributed by atoms with Crippen LogP contribution in [-0.2, 0) is 6.61 Å². The average molecular weight is 306 g/mol. The van der Waals surface area contributed by atoms with Gasteiger partial charge in [-0.05, 0) is 17.7 Å². The number of aromatic nitrogens is 2. The molecular formula is C9H6BrClN2OS. The summed E-state index contributed by atoms with van der Waals surface area (Å²) >= 11 is 10.2. The molecule has 0 aliphatic rings. The second kappa shape index (κ2) is 4.92. The minimum absolute atomic E-state index is 0.315. The van der Waals surface area contributed by atoms with Gasteiger partial charge >= 0.3 is 0 Å². The van der Waals surface area contributed by atoms with E-state index in [4.69, 9.17) is 16.3 Å². The molecule has 0 bridgehead atoms. The molecule has 0 aliphatic carbocycles. The standard InChI is InChI=1S/C9H6BrClN2OS/c10-7-3-1-2-6(4-7)5-14-9-8(11)12-15-13-9/h1-4H,5H2. The third kappa shape index (κ3) is 2.90. The van der Waals surface area contributed by atoms with E-state index in [1.165, 1.54) is 0 Å². The van der Waals surface area contributed by atoms with Gasteiger partial charge in [-0.25, -0.2) is 0 Å². The monoisotopic (exact) mass is 304 g/mol. The Morgan fingerprint density at radius 3 is 2.93 bits per heavy atom. The van der Waals surface area contributed by atoms with Gasteiger partial charge in [-0.1, -0.05) is 39.7 Å². The van der Waals surface area contributed by atoms with Gasteiger partial charge in [0.15, 0.2) is 0 Å². The van der Waals surface area contributed by atoms with E-state index in [1.54, 1.807) is 0 Å². The second-order valence-electron chi connectivity index (χ2n) is 2.78. The molecule has 0 saturated carbocycles. The van der Waals surface area contributed by atoms with Crippen LogP contribution in [-0.4, -0.2) is 8.75 Å². The Morgan fingerprint density at radius 2 is 2.27 bits per heavy atom. The Kier molecular flexibility index (Phi) is 3.56. The van der Waals surface area contributed by atoms with Crippen LogP contribution >= 0.6 is 39.3 Å². The predicted octanol–water partition coefficient (Wildman–Crippen LogP) is 3.53. The molecule has 0 N–H and O–H groups in total. The van der Waals surface area contributed by atoms with Gasteiger partial charge in [-0.15, -0.1) is 4.37 Å². The summed E-state index contributed by atoms with van der Waals surface area (Å²) < 4.78 is 14.1. The van der Waals surface area contributed by atoms with E-state index in [0.717, 1.165) is 21.8 Å². The summed E-state index contributed by atoms with van der Waals surface area (Å²) in [5.74, 6) is 0.390. The highest BCUT2D eigenvalue weighted by Gasteiger charge is 2.06. The molecule has 0 radical (unpaired) electrons. The lowest BCUT2D eigenvalue weighted by molar-refractivity contribution is 0.296. The lowest BCUT2D eigenvalue weighted by atomic mass is 10.2. The second-order valence-corrected chi connectivity index (χ2v) is 4.58. The number of rotatable bonds is 3. The summed E-state index contributed by atoms with van der Waals surface area (Å²) in [6.07, 6.45) is 0. The van der Waals surface area contributed by atoms with Gasteiger partial charge < -0.3 is 4.74 Å². The Balaban J connectivity index is 2.02. The maximum Gasteiger partial charge on any atom is 0.265 e. The van der Waals surface area contributed by atoms with E-state index < -0.39 is 0 Å². The number of ether oxygens (including phenoxy) is 1. The predicted molar refractivity (Wildman–Crippen MR) is 63.4 cm³/mol. The van der Waals surface area contributed by atoms with Crippen LogP contribution in [0.2, 0.25) is 5.15 Å². The molecule has 6 heteroatoms. The van der Waals surface area contributed by atoms with Gasteiger partial charge in [0, 0.05) is 4.47 Å². The maximum atomic E-state index is 5.74. The lowest BCUT2D eigenvalue weighted by Gasteiger charge is -2.02. The number of nitrogens with zero attached hydrogens (tertiary/aromatic N) is 2. The number of halogens is 2. The molecule has 0 spiro atoms. The van der Waals surface area contributed by atoms with Gasteiger partial charge in [-0.2, -0.15) is 4.37 Å². The van der Waals surface area contributed by atoms with Gasteiger partial charge in [-0.3, -0.25) is 0 Å². The molecule has 2 rings (SSSR count). The molecule has 1 aromatic heterocycles. The zero-order valence-electron chi connectivity index (χ0n) is 7.48. The van der Waals surface area contributed by atoms with Crippen molar-refractivity contribution in [2.75, 3.05) is 0 Å². The highest BCUT2D eigenvalue weighted by molar-refractivity contribution is 9.10. The van der Waals surface area contributed by atoms with Crippen LogP contribution in [0.3, 0.4) is 0 Å². The molecule has 78 valence electrons. The van der Waals surface area contributed by atoms with Crippen LogP contribution in [0.25, 0.3) is 0 Å². The molecule has 3 nitrogen and oxygen atoms in total. The summed E-state index contributed by atoms with van der Waals surface area (Å²) in [5.41, 5.74) is 1.05. The molecule has 0 unspecified atom stereocenters. The topological polar surface area (TPSA) is 35.0 Å². The summed E-state index contributed by atoms with van der Waals surface area (Å²) in [7, 11) is 0. The van der Waals surface area contributed by atoms with Crippen molar-refractivity contribution in [1.29, 1.82) is 0 Å². The maximum absolute atomic E-state index is 5.74. The fourth-order valence-corrected chi connectivity index (χ4v) is 2.12. The van der Waals surface area contributed by atoms with Crippen molar-refractivity contribution in [3.05, 3.63) is 39.5 Å². The fraction of sp³-hybridized carbons (Fsp3) is 0.111. The first-order valence-electron chi connectivity index (χ1n) is 4.11. The first kappa shape index (κ1) is 10.9. The molecule has 1 aromatic carbocycles. The Morgan fingerprint density at radius 1 is 1.40 bits per heavy atom. The van der Waals surface area contributed by atoms with E-state index in [2.05, 4.69) is 24.7 Å². The van der Waals surface area contributed by atoms with Gasteiger partial charge in [0.2, 0.25) is 5.15 Å². The van der Waals surface area contributed by atoms with Crippen LogP contribution in [0.15, 0.2) is 28.7 Å². The van der Waals surface area contributed by atoms with Crippen molar-refractivity contribution in [3.8, 4) is 5.88 Å². The Labute approximate surface area is 104 Å². The van der Waals surface area contributed by atoms with E-state index in [1.807, 2.05) is 24.3 Å². The van der Waals surface area contributed by atoms with Crippen LogP contribution in [0.4, 0.5) is 0 Å². The van der Waals surface area contributed by atoms with Crippen LogP contribution in [0.1, 0.15) is 5.56 Å². The lowest BCUT2D eigenvalue weighted by Crippen LogP contribution is -1.95. The molecule has 2 aromatic rings. The largest absolute Gasteiger partial charge is 0.470 e. The molecule has 1 heterocycles. The summed E-state index contributed by atoms with van der Waals surface area (Å²) in [6.45, 7) is 0.435. The average Bonchev–Trinajstić information content (AvgIpc) is 2.61. The highest BCUT2D eigenvalue weighted by Crippen LogP contribution is 2.22. The van der Waals surface area contributed by atoms with Gasteiger partial charge in [0.05, 0.1) is 11.7 Å². The van der Waals surface area contributed by atoms with Gasteiger partial charge in [0.25, 0.3) is 5.88 Å². The normalized spacial score (nSPS) is 10.3. The van der Waals surface area contributed by atoms with E-state index in [-0.39, 0.29) is 0 Å². The summed E-state index contributed by atoms with van der Waals surface area (Å²) in [4.78, 5) is 0. The summed E-state index contributed by atoms with van der Waals surface area (Å²) in [5, 5.41) is 0.315. The Bertz CT molecular complexity index is 463. The number of hydrogen-bond acceptors (Lipinski definition) is 4. The first-order chi connectivity index (χ1) is 7.25.